The van der Waals surface area contributed by atoms with Gasteiger partial charge in [-0.25, -0.2) is 0 Å². The Morgan fingerprint density at radius 1 is 1.62 bits per heavy atom. The third kappa shape index (κ3) is 2.32. The van der Waals surface area contributed by atoms with Gasteiger partial charge in [0, 0.05) is 10.0 Å². The average molecular weight is 242 g/mol. The van der Waals surface area contributed by atoms with Crippen molar-refractivity contribution in [1.82, 2.24) is 0 Å². The molecule has 70 valence electrons. The minimum absolute atomic E-state index is 0.188. The zero-order valence-electron chi connectivity index (χ0n) is 7.46. The van der Waals surface area contributed by atoms with E-state index < -0.39 is 0 Å². The summed E-state index contributed by atoms with van der Waals surface area (Å²) in [6, 6.07) is 5.54. The highest BCUT2D eigenvalue weighted by molar-refractivity contribution is 9.10. The van der Waals surface area contributed by atoms with Gasteiger partial charge in [-0.05, 0) is 18.2 Å². The van der Waals surface area contributed by atoms with Crippen LogP contribution in [0, 0.1) is 0 Å². The van der Waals surface area contributed by atoms with E-state index in [1.54, 1.807) is 13.2 Å². The Hall–Kier alpha value is -0.800. The van der Waals surface area contributed by atoms with Crippen LogP contribution in [-0.2, 0) is 0 Å². The lowest BCUT2D eigenvalue weighted by Gasteiger charge is -2.12. The number of hydrogen-bond acceptors (Lipinski definition) is 2. The topological polar surface area (TPSA) is 35.2 Å². The number of hydrogen-bond donors (Lipinski definition) is 1. The Balaban J connectivity index is 3.14. The molecule has 0 radical (unpaired) electrons. The van der Waals surface area contributed by atoms with Crippen molar-refractivity contribution >= 4 is 15.9 Å². The maximum Gasteiger partial charge on any atom is 0.124 e. The highest BCUT2D eigenvalue weighted by atomic mass is 79.9. The van der Waals surface area contributed by atoms with Gasteiger partial charge in [0.1, 0.15) is 5.75 Å². The van der Waals surface area contributed by atoms with E-state index in [1.165, 1.54) is 0 Å². The van der Waals surface area contributed by atoms with Crippen molar-refractivity contribution in [2.45, 2.75) is 6.04 Å². The van der Waals surface area contributed by atoms with Crippen molar-refractivity contribution in [2.24, 2.45) is 5.73 Å². The molecule has 0 amide bonds. The van der Waals surface area contributed by atoms with Crippen LogP contribution in [0.3, 0.4) is 0 Å². The molecule has 0 bridgehead atoms. The predicted molar refractivity (Wildman–Crippen MR) is 57.8 cm³/mol. The summed E-state index contributed by atoms with van der Waals surface area (Å²) < 4.78 is 6.16. The average Bonchev–Trinajstić information content (AvgIpc) is 2.16. The molecule has 0 aliphatic heterocycles. The summed E-state index contributed by atoms with van der Waals surface area (Å²) in [4.78, 5) is 0. The molecule has 0 saturated heterocycles. The molecule has 2 nitrogen and oxygen atoms in total. The van der Waals surface area contributed by atoms with Crippen LogP contribution in [0.4, 0.5) is 0 Å². The fourth-order valence-electron chi connectivity index (χ4n) is 1.09. The van der Waals surface area contributed by atoms with Crippen LogP contribution in [0.15, 0.2) is 35.3 Å². The molecule has 0 aliphatic rings. The summed E-state index contributed by atoms with van der Waals surface area (Å²) in [5, 5.41) is 0. The Bertz CT molecular complexity index is 312. The molecule has 3 heteroatoms. The zero-order chi connectivity index (χ0) is 9.84. The molecule has 1 rings (SSSR count). The van der Waals surface area contributed by atoms with Crippen LogP contribution in [0.1, 0.15) is 11.6 Å². The zero-order valence-corrected chi connectivity index (χ0v) is 9.04. The molecule has 1 aromatic carbocycles. The second-order valence-electron chi connectivity index (χ2n) is 2.65. The first-order chi connectivity index (χ1) is 6.19. The highest BCUT2D eigenvalue weighted by Gasteiger charge is 2.08. The highest BCUT2D eigenvalue weighted by Crippen LogP contribution is 2.27. The van der Waals surface area contributed by atoms with Crippen LogP contribution in [-0.4, -0.2) is 7.11 Å². The van der Waals surface area contributed by atoms with Gasteiger partial charge in [0.15, 0.2) is 0 Å². The van der Waals surface area contributed by atoms with Crippen molar-refractivity contribution in [3.05, 3.63) is 40.9 Å². The Kier molecular flexibility index (Phi) is 3.51. The lowest BCUT2D eigenvalue weighted by Crippen LogP contribution is -2.08. The van der Waals surface area contributed by atoms with Gasteiger partial charge in [-0.15, -0.1) is 6.58 Å². The third-order valence-corrected chi connectivity index (χ3v) is 2.30. The van der Waals surface area contributed by atoms with E-state index in [9.17, 15) is 0 Å². The van der Waals surface area contributed by atoms with Gasteiger partial charge in [-0.1, -0.05) is 22.0 Å². The first-order valence-corrected chi connectivity index (χ1v) is 4.70. The van der Waals surface area contributed by atoms with Crippen molar-refractivity contribution < 1.29 is 4.74 Å². The van der Waals surface area contributed by atoms with E-state index >= 15 is 0 Å². The van der Waals surface area contributed by atoms with E-state index in [2.05, 4.69) is 22.5 Å². The number of nitrogens with two attached hydrogens (primary N) is 1. The number of halogens is 1. The van der Waals surface area contributed by atoms with Crippen molar-refractivity contribution in [2.75, 3.05) is 7.11 Å². The van der Waals surface area contributed by atoms with Crippen LogP contribution in [0.25, 0.3) is 0 Å². The molecule has 2 N–H and O–H groups in total. The second kappa shape index (κ2) is 4.44. The summed E-state index contributed by atoms with van der Waals surface area (Å²) in [5.41, 5.74) is 6.76. The fraction of sp³-hybridized carbons (Fsp3) is 0.200. The molecule has 13 heavy (non-hydrogen) atoms. The van der Waals surface area contributed by atoms with Gasteiger partial charge >= 0.3 is 0 Å². The van der Waals surface area contributed by atoms with Gasteiger partial charge in [-0.3, -0.25) is 0 Å². The molecule has 0 saturated carbocycles. The van der Waals surface area contributed by atoms with E-state index in [4.69, 9.17) is 10.5 Å². The van der Waals surface area contributed by atoms with Gasteiger partial charge in [0.05, 0.1) is 13.2 Å². The summed E-state index contributed by atoms with van der Waals surface area (Å²) in [6.07, 6.45) is 1.68. The maximum atomic E-state index is 5.82. The van der Waals surface area contributed by atoms with Gasteiger partial charge < -0.3 is 10.5 Å². The van der Waals surface area contributed by atoms with Crippen LogP contribution in [0.2, 0.25) is 0 Å². The Morgan fingerprint density at radius 3 is 2.85 bits per heavy atom. The van der Waals surface area contributed by atoms with E-state index in [0.717, 1.165) is 15.8 Å². The monoisotopic (exact) mass is 241 g/mol. The molecular weight excluding hydrogens is 230 g/mol. The number of ether oxygens (including phenoxy) is 1. The van der Waals surface area contributed by atoms with Crippen molar-refractivity contribution in [3.8, 4) is 5.75 Å². The number of methoxy groups -OCH3 is 1. The lowest BCUT2D eigenvalue weighted by atomic mass is 10.1. The van der Waals surface area contributed by atoms with Crippen LogP contribution in [0.5, 0.6) is 5.75 Å². The summed E-state index contributed by atoms with van der Waals surface area (Å²) in [6.45, 7) is 3.65. The molecular formula is C10H12BrNO. The van der Waals surface area contributed by atoms with E-state index in [-0.39, 0.29) is 6.04 Å². The van der Waals surface area contributed by atoms with E-state index in [1.807, 2.05) is 18.2 Å². The Morgan fingerprint density at radius 2 is 2.31 bits per heavy atom. The summed E-state index contributed by atoms with van der Waals surface area (Å²) >= 11 is 3.38. The Labute approximate surface area is 86.5 Å². The molecule has 0 aromatic heterocycles. The quantitative estimate of drug-likeness (QED) is 0.827. The largest absolute Gasteiger partial charge is 0.496 e. The predicted octanol–water partition coefficient (Wildman–Crippen LogP) is 2.64. The molecule has 0 unspecified atom stereocenters. The third-order valence-electron chi connectivity index (χ3n) is 1.80. The van der Waals surface area contributed by atoms with Gasteiger partial charge in [-0.2, -0.15) is 0 Å². The maximum absolute atomic E-state index is 5.82. The SMILES string of the molecule is C=C[C@H](N)c1cc(Br)ccc1OC. The smallest absolute Gasteiger partial charge is 0.124 e. The molecule has 0 aliphatic carbocycles. The second-order valence-corrected chi connectivity index (χ2v) is 3.56. The summed E-state index contributed by atoms with van der Waals surface area (Å²) in [5.74, 6) is 0.788. The summed E-state index contributed by atoms with van der Waals surface area (Å²) in [7, 11) is 1.63. The van der Waals surface area contributed by atoms with Gasteiger partial charge in [0.25, 0.3) is 0 Å². The molecule has 0 heterocycles. The van der Waals surface area contributed by atoms with Gasteiger partial charge in [0.2, 0.25) is 0 Å². The van der Waals surface area contributed by atoms with E-state index in [0.29, 0.717) is 0 Å². The van der Waals surface area contributed by atoms with Crippen LogP contribution >= 0.6 is 15.9 Å². The molecule has 1 aromatic rings. The molecule has 0 spiro atoms. The van der Waals surface area contributed by atoms with Crippen LogP contribution < -0.4 is 10.5 Å². The standard InChI is InChI=1S/C10H12BrNO/c1-3-9(12)8-6-7(11)4-5-10(8)13-2/h3-6,9H,1,12H2,2H3/t9-/m0/s1. The van der Waals surface area contributed by atoms with Crippen molar-refractivity contribution in [1.29, 1.82) is 0 Å². The molecule has 1 atom stereocenters. The molecule has 0 fully saturated rings. The normalized spacial score (nSPS) is 12.2. The first-order valence-electron chi connectivity index (χ1n) is 3.90. The number of rotatable bonds is 3. The minimum Gasteiger partial charge on any atom is -0.496 e. The number of benzene rings is 1. The lowest BCUT2D eigenvalue weighted by molar-refractivity contribution is 0.408. The minimum atomic E-state index is -0.188. The fourth-order valence-corrected chi connectivity index (χ4v) is 1.47. The first kappa shape index (κ1) is 10.3. The van der Waals surface area contributed by atoms with Crippen molar-refractivity contribution in [3.63, 3.8) is 0 Å².